The fourth-order valence-corrected chi connectivity index (χ4v) is 2.88. The average molecular weight is 292 g/mol. The molecule has 2 aromatic rings. The zero-order valence-electron chi connectivity index (χ0n) is 11.4. The van der Waals surface area contributed by atoms with E-state index in [0.29, 0.717) is 0 Å². The standard InChI is InChI=1S/C15H17FN2OS/c1-9(2)14(13-4-3-7-20-13)18-15(19)10-5-6-12(17)11(16)8-10/h3-9,14H,17H2,1-2H3,(H,18,19). The number of carbonyl (C=O) groups excluding carboxylic acids is 1. The quantitative estimate of drug-likeness (QED) is 0.846. The van der Waals surface area contributed by atoms with E-state index in [1.807, 2.05) is 31.4 Å². The van der Waals surface area contributed by atoms with Crippen molar-refractivity contribution in [3.8, 4) is 0 Å². The van der Waals surface area contributed by atoms with Crippen LogP contribution in [-0.4, -0.2) is 5.91 Å². The Hall–Kier alpha value is -1.88. The van der Waals surface area contributed by atoms with E-state index in [4.69, 9.17) is 5.73 Å². The summed E-state index contributed by atoms with van der Waals surface area (Å²) in [6.07, 6.45) is 0. The van der Waals surface area contributed by atoms with Crippen molar-refractivity contribution in [3.63, 3.8) is 0 Å². The van der Waals surface area contributed by atoms with Gasteiger partial charge in [0, 0.05) is 10.4 Å². The number of nitrogen functional groups attached to an aromatic ring is 1. The van der Waals surface area contributed by atoms with Gasteiger partial charge in [0.15, 0.2) is 0 Å². The summed E-state index contributed by atoms with van der Waals surface area (Å²) in [6, 6.07) is 7.95. The van der Waals surface area contributed by atoms with E-state index in [9.17, 15) is 9.18 Å². The van der Waals surface area contributed by atoms with Crippen molar-refractivity contribution in [3.05, 3.63) is 52.0 Å². The molecule has 0 spiro atoms. The zero-order valence-corrected chi connectivity index (χ0v) is 12.2. The van der Waals surface area contributed by atoms with E-state index < -0.39 is 5.82 Å². The molecule has 1 aromatic heterocycles. The van der Waals surface area contributed by atoms with Crippen molar-refractivity contribution in [2.24, 2.45) is 5.92 Å². The van der Waals surface area contributed by atoms with Gasteiger partial charge in [-0.3, -0.25) is 4.79 Å². The second kappa shape index (κ2) is 6.05. The van der Waals surface area contributed by atoms with Crippen LogP contribution in [0.15, 0.2) is 35.7 Å². The molecular weight excluding hydrogens is 275 g/mol. The number of thiophene rings is 1. The maximum Gasteiger partial charge on any atom is 0.251 e. The maximum atomic E-state index is 13.4. The van der Waals surface area contributed by atoms with Gasteiger partial charge in [-0.1, -0.05) is 19.9 Å². The third-order valence-electron chi connectivity index (χ3n) is 3.07. The number of nitrogens with two attached hydrogens (primary N) is 1. The highest BCUT2D eigenvalue weighted by Crippen LogP contribution is 2.26. The van der Waals surface area contributed by atoms with E-state index in [-0.39, 0.29) is 29.1 Å². The number of rotatable bonds is 4. The first-order chi connectivity index (χ1) is 9.49. The molecule has 0 radical (unpaired) electrons. The lowest BCUT2D eigenvalue weighted by atomic mass is 10.0. The Morgan fingerprint density at radius 1 is 1.35 bits per heavy atom. The molecule has 3 nitrogen and oxygen atoms in total. The number of amides is 1. The minimum atomic E-state index is -0.574. The molecule has 0 saturated heterocycles. The van der Waals surface area contributed by atoms with Gasteiger partial charge in [-0.05, 0) is 35.6 Å². The molecule has 0 saturated carbocycles. The van der Waals surface area contributed by atoms with Crippen LogP contribution in [0, 0.1) is 11.7 Å². The van der Waals surface area contributed by atoms with E-state index in [0.717, 1.165) is 10.9 Å². The molecule has 1 atom stereocenters. The smallest absolute Gasteiger partial charge is 0.251 e. The second-order valence-electron chi connectivity index (χ2n) is 4.95. The first-order valence-electron chi connectivity index (χ1n) is 6.38. The third-order valence-corrected chi connectivity index (χ3v) is 4.02. The Kier molecular flexibility index (Phi) is 4.39. The van der Waals surface area contributed by atoms with Gasteiger partial charge >= 0.3 is 0 Å². The molecule has 0 aliphatic rings. The number of carbonyl (C=O) groups is 1. The van der Waals surface area contributed by atoms with E-state index in [1.165, 1.54) is 12.1 Å². The fraction of sp³-hybridized carbons (Fsp3) is 0.267. The average Bonchev–Trinajstić information content (AvgIpc) is 2.92. The van der Waals surface area contributed by atoms with Crippen LogP contribution < -0.4 is 11.1 Å². The lowest BCUT2D eigenvalue weighted by molar-refractivity contribution is 0.0926. The molecule has 1 aromatic carbocycles. The molecule has 1 unspecified atom stereocenters. The Bertz CT molecular complexity index is 596. The molecule has 0 aliphatic heterocycles. The van der Waals surface area contributed by atoms with Crippen molar-refractivity contribution < 1.29 is 9.18 Å². The Morgan fingerprint density at radius 2 is 2.10 bits per heavy atom. The maximum absolute atomic E-state index is 13.4. The minimum absolute atomic E-state index is 0.0419. The van der Waals surface area contributed by atoms with Gasteiger partial charge in [-0.15, -0.1) is 11.3 Å². The van der Waals surface area contributed by atoms with Gasteiger partial charge in [0.1, 0.15) is 5.82 Å². The molecule has 0 aliphatic carbocycles. The number of hydrogen-bond acceptors (Lipinski definition) is 3. The molecule has 5 heteroatoms. The Morgan fingerprint density at radius 3 is 2.65 bits per heavy atom. The van der Waals surface area contributed by atoms with Crippen LogP contribution in [0.4, 0.5) is 10.1 Å². The number of anilines is 1. The van der Waals surface area contributed by atoms with Gasteiger partial charge < -0.3 is 11.1 Å². The second-order valence-corrected chi connectivity index (χ2v) is 5.93. The van der Waals surface area contributed by atoms with E-state index in [2.05, 4.69) is 5.32 Å². The molecule has 3 N–H and O–H groups in total. The van der Waals surface area contributed by atoms with Crippen LogP contribution >= 0.6 is 11.3 Å². The van der Waals surface area contributed by atoms with Gasteiger partial charge in [0.2, 0.25) is 0 Å². The van der Waals surface area contributed by atoms with Gasteiger partial charge in [0.05, 0.1) is 11.7 Å². The SMILES string of the molecule is CC(C)C(NC(=O)c1ccc(N)c(F)c1)c1cccs1. The van der Waals surface area contributed by atoms with E-state index >= 15 is 0 Å². The molecule has 0 fully saturated rings. The molecule has 1 amide bonds. The number of hydrogen-bond donors (Lipinski definition) is 2. The first-order valence-corrected chi connectivity index (χ1v) is 7.26. The molecular formula is C15H17FN2OS. The van der Waals surface area contributed by atoms with Gasteiger partial charge in [0.25, 0.3) is 5.91 Å². The van der Waals surface area contributed by atoms with Crippen molar-refractivity contribution in [2.75, 3.05) is 5.73 Å². The molecule has 20 heavy (non-hydrogen) atoms. The summed E-state index contributed by atoms with van der Waals surface area (Å²) in [5.74, 6) is -0.623. The summed E-state index contributed by atoms with van der Waals surface area (Å²) in [4.78, 5) is 13.3. The highest BCUT2D eigenvalue weighted by atomic mass is 32.1. The van der Waals surface area contributed by atoms with Crippen molar-refractivity contribution in [1.29, 1.82) is 0 Å². The Labute approximate surface area is 121 Å². The number of nitrogens with one attached hydrogen (secondary N) is 1. The molecule has 2 rings (SSSR count). The van der Waals surface area contributed by atoms with Crippen LogP contribution in [0.1, 0.15) is 35.1 Å². The van der Waals surface area contributed by atoms with Crippen LogP contribution in [0.2, 0.25) is 0 Å². The van der Waals surface area contributed by atoms with Crippen LogP contribution in [0.25, 0.3) is 0 Å². The first kappa shape index (κ1) is 14.5. The normalized spacial score (nSPS) is 12.4. The van der Waals surface area contributed by atoms with Gasteiger partial charge in [-0.25, -0.2) is 4.39 Å². The van der Waals surface area contributed by atoms with Crippen LogP contribution in [0.5, 0.6) is 0 Å². The summed E-state index contributed by atoms with van der Waals surface area (Å²) in [6.45, 7) is 4.07. The summed E-state index contributed by atoms with van der Waals surface area (Å²) in [7, 11) is 0. The fourth-order valence-electron chi connectivity index (χ4n) is 1.93. The highest BCUT2D eigenvalue weighted by molar-refractivity contribution is 7.10. The molecule has 1 heterocycles. The van der Waals surface area contributed by atoms with Gasteiger partial charge in [-0.2, -0.15) is 0 Å². The summed E-state index contributed by atoms with van der Waals surface area (Å²) >= 11 is 1.59. The highest BCUT2D eigenvalue weighted by Gasteiger charge is 2.20. The third kappa shape index (κ3) is 3.17. The molecule has 106 valence electrons. The summed E-state index contributed by atoms with van der Waals surface area (Å²) in [5, 5.41) is 4.92. The van der Waals surface area contributed by atoms with Crippen molar-refractivity contribution >= 4 is 22.9 Å². The topological polar surface area (TPSA) is 55.1 Å². The predicted octanol–water partition coefficient (Wildman–Crippen LogP) is 3.60. The summed E-state index contributed by atoms with van der Waals surface area (Å²) < 4.78 is 13.4. The molecule has 0 bridgehead atoms. The number of benzene rings is 1. The largest absolute Gasteiger partial charge is 0.396 e. The summed E-state index contributed by atoms with van der Waals surface area (Å²) in [5.41, 5.74) is 5.73. The zero-order chi connectivity index (χ0) is 14.7. The van der Waals surface area contributed by atoms with Crippen molar-refractivity contribution in [2.45, 2.75) is 19.9 Å². The lowest BCUT2D eigenvalue weighted by Gasteiger charge is -2.21. The van der Waals surface area contributed by atoms with E-state index in [1.54, 1.807) is 11.3 Å². The monoisotopic (exact) mass is 292 g/mol. The van der Waals surface area contributed by atoms with Crippen LogP contribution in [0.3, 0.4) is 0 Å². The Balaban J connectivity index is 2.18. The predicted molar refractivity (Wildman–Crippen MR) is 80.2 cm³/mol. The minimum Gasteiger partial charge on any atom is -0.396 e. The van der Waals surface area contributed by atoms with Crippen LogP contribution in [-0.2, 0) is 0 Å². The van der Waals surface area contributed by atoms with Crippen molar-refractivity contribution in [1.82, 2.24) is 5.32 Å². The lowest BCUT2D eigenvalue weighted by Crippen LogP contribution is -2.31. The number of halogens is 1.